The van der Waals surface area contributed by atoms with Gasteiger partial charge in [0.25, 0.3) is 11.8 Å². The van der Waals surface area contributed by atoms with Gasteiger partial charge in [0.05, 0.1) is 7.11 Å². The number of ether oxygens (including phenoxy) is 1. The Balaban J connectivity index is 1.62. The van der Waals surface area contributed by atoms with Gasteiger partial charge in [-0.15, -0.1) is 0 Å². The summed E-state index contributed by atoms with van der Waals surface area (Å²) in [7, 11) is 1.56. The van der Waals surface area contributed by atoms with Crippen LogP contribution in [0.5, 0.6) is 5.88 Å². The lowest BCUT2D eigenvalue weighted by Gasteiger charge is -2.06. The first kappa shape index (κ1) is 15.7. The third-order valence-electron chi connectivity index (χ3n) is 3.38. The number of aryl methyl sites for hydroxylation is 1. The van der Waals surface area contributed by atoms with Crippen molar-refractivity contribution in [3.8, 4) is 17.3 Å². The van der Waals surface area contributed by atoms with Crippen molar-refractivity contribution in [1.29, 1.82) is 0 Å². The van der Waals surface area contributed by atoms with E-state index in [-0.39, 0.29) is 5.91 Å². The van der Waals surface area contributed by atoms with Gasteiger partial charge in [-0.3, -0.25) is 4.79 Å². The minimum Gasteiger partial charge on any atom is -0.481 e. The zero-order valence-corrected chi connectivity index (χ0v) is 13.3. The van der Waals surface area contributed by atoms with E-state index in [0.717, 1.165) is 11.1 Å². The summed E-state index contributed by atoms with van der Waals surface area (Å²) in [5, 5.41) is 6.59. The summed E-state index contributed by atoms with van der Waals surface area (Å²) in [6.07, 6.45) is 1.67. The number of carbonyl (C=O) groups excluding carboxylic acids is 1. The number of pyridine rings is 1. The average Bonchev–Trinajstić information content (AvgIpc) is 3.06. The van der Waals surface area contributed by atoms with Crippen LogP contribution in [0.25, 0.3) is 11.5 Å². The first-order chi connectivity index (χ1) is 11.7. The Kier molecular flexibility index (Phi) is 4.51. The smallest absolute Gasteiger partial charge is 0.257 e. The maximum atomic E-state index is 12.2. The molecule has 0 aliphatic rings. The van der Waals surface area contributed by atoms with Gasteiger partial charge in [0.1, 0.15) is 0 Å². The van der Waals surface area contributed by atoms with Crippen LogP contribution in [-0.2, 0) is 6.54 Å². The maximum Gasteiger partial charge on any atom is 0.257 e. The molecule has 24 heavy (non-hydrogen) atoms. The molecule has 0 unspecified atom stereocenters. The number of carbonyl (C=O) groups is 1. The molecule has 7 heteroatoms. The molecule has 2 heterocycles. The molecule has 0 radical (unpaired) electrons. The Morgan fingerprint density at radius 2 is 2.00 bits per heavy atom. The highest BCUT2D eigenvalue weighted by Gasteiger charge is 2.09. The van der Waals surface area contributed by atoms with E-state index in [0.29, 0.717) is 29.7 Å². The molecule has 3 aromatic rings. The van der Waals surface area contributed by atoms with Crippen molar-refractivity contribution >= 4 is 5.91 Å². The molecule has 1 amide bonds. The van der Waals surface area contributed by atoms with E-state index in [1.807, 2.05) is 6.07 Å². The first-order valence-corrected chi connectivity index (χ1v) is 7.33. The standard InChI is InChI=1S/C17H16N4O3/c1-11-20-17(24-21-11)14-6-4-13(5-7-14)16(22)19-10-12-3-8-15(23-2)18-9-12/h3-9H,10H2,1-2H3,(H,19,22). The molecule has 122 valence electrons. The van der Waals surface area contributed by atoms with Crippen LogP contribution in [0, 0.1) is 6.92 Å². The summed E-state index contributed by atoms with van der Waals surface area (Å²) in [6.45, 7) is 2.14. The van der Waals surface area contributed by atoms with Crippen LogP contribution in [0.3, 0.4) is 0 Å². The molecule has 1 N–H and O–H groups in total. The number of hydrogen-bond donors (Lipinski definition) is 1. The van der Waals surface area contributed by atoms with Gasteiger partial charge in [0.15, 0.2) is 5.82 Å². The van der Waals surface area contributed by atoms with E-state index in [2.05, 4.69) is 20.4 Å². The summed E-state index contributed by atoms with van der Waals surface area (Å²) in [6, 6.07) is 10.6. The molecule has 1 aromatic carbocycles. The lowest BCUT2D eigenvalue weighted by molar-refractivity contribution is 0.0951. The molecule has 0 bridgehead atoms. The molecular weight excluding hydrogens is 308 g/mol. The van der Waals surface area contributed by atoms with E-state index >= 15 is 0 Å². The molecule has 0 atom stereocenters. The van der Waals surface area contributed by atoms with Gasteiger partial charge in [-0.25, -0.2) is 4.98 Å². The van der Waals surface area contributed by atoms with Crippen molar-refractivity contribution in [3.05, 3.63) is 59.5 Å². The van der Waals surface area contributed by atoms with Gasteiger partial charge >= 0.3 is 0 Å². The zero-order chi connectivity index (χ0) is 16.9. The molecule has 0 fully saturated rings. The molecule has 7 nitrogen and oxygen atoms in total. The predicted octanol–water partition coefficient (Wildman–Crippen LogP) is 2.38. The fourth-order valence-corrected chi connectivity index (χ4v) is 2.10. The minimum absolute atomic E-state index is 0.168. The Morgan fingerprint density at radius 3 is 2.58 bits per heavy atom. The molecule has 3 rings (SSSR count). The summed E-state index contributed by atoms with van der Waals surface area (Å²) >= 11 is 0. The molecule has 0 saturated carbocycles. The fourth-order valence-electron chi connectivity index (χ4n) is 2.10. The van der Waals surface area contributed by atoms with Crippen molar-refractivity contribution in [2.45, 2.75) is 13.5 Å². The zero-order valence-electron chi connectivity index (χ0n) is 13.3. The third-order valence-corrected chi connectivity index (χ3v) is 3.38. The highest BCUT2D eigenvalue weighted by molar-refractivity contribution is 5.94. The summed E-state index contributed by atoms with van der Waals surface area (Å²) in [4.78, 5) is 20.4. The van der Waals surface area contributed by atoms with E-state index in [1.165, 1.54) is 0 Å². The van der Waals surface area contributed by atoms with Crippen molar-refractivity contribution in [1.82, 2.24) is 20.4 Å². The minimum atomic E-state index is -0.168. The number of rotatable bonds is 5. The molecule has 0 spiro atoms. The summed E-state index contributed by atoms with van der Waals surface area (Å²) < 4.78 is 10.1. The molecule has 2 aromatic heterocycles. The van der Waals surface area contributed by atoms with E-state index in [9.17, 15) is 4.79 Å². The third kappa shape index (κ3) is 3.57. The highest BCUT2D eigenvalue weighted by atomic mass is 16.5. The number of nitrogens with zero attached hydrogens (tertiary/aromatic N) is 3. The number of hydrogen-bond acceptors (Lipinski definition) is 6. The first-order valence-electron chi connectivity index (χ1n) is 7.33. The number of amides is 1. The highest BCUT2D eigenvalue weighted by Crippen LogP contribution is 2.17. The Hall–Kier alpha value is -3.22. The monoisotopic (exact) mass is 324 g/mol. The SMILES string of the molecule is COc1ccc(CNC(=O)c2ccc(-c3nc(C)no3)cc2)cn1. The molecule has 0 saturated heterocycles. The van der Waals surface area contributed by atoms with Gasteiger partial charge < -0.3 is 14.6 Å². The number of nitrogens with one attached hydrogen (secondary N) is 1. The van der Waals surface area contributed by atoms with Crippen LogP contribution in [0.4, 0.5) is 0 Å². The molecule has 0 aliphatic carbocycles. The Labute approximate surface area is 138 Å². The second kappa shape index (κ2) is 6.91. The average molecular weight is 324 g/mol. The van der Waals surface area contributed by atoms with Gasteiger partial charge in [-0.2, -0.15) is 4.98 Å². The van der Waals surface area contributed by atoms with Crippen LogP contribution < -0.4 is 10.1 Å². The van der Waals surface area contributed by atoms with E-state index in [4.69, 9.17) is 9.26 Å². The van der Waals surface area contributed by atoms with Crippen molar-refractivity contribution in [2.24, 2.45) is 0 Å². The number of benzene rings is 1. The summed E-state index contributed by atoms with van der Waals surface area (Å²) in [5.74, 6) is 1.37. The largest absolute Gasteiger partial charge is 0.481 e. The topological polar surface area (TPSA) is 90.1 Å². The van der Waals surface area contributed by atoms with E-state index < -0.39 is 0 Å². The van der Waals surface area contributed by atoms with Crippen LogP contribution >= 0.6 is 0 Å². The van der Waals surface area contributed by atoms with Crippen molar-refractivity contribution in [2.75, 3.05) is 7.11 Å². The number of methoxy groups -OCH3 is 1. The van der Waals surface area contributed by atoms with Gasteiger partial charge in [-0.1, -0.05) is 11.2 Å². The van der Waals surface area contributed by atoms with Crippen LogP contribution in [0.2, 0.25) is 0 Å². The normalized spacial score (nSPS) is 10.4. The lowest BCUT2D eigenvalue weighted by atomic mass is 10.1. The summed E-state index contributed by atoms with van der Waals surface area (Å²) in [5.41, 5.74) is 2.21. The van der Waals surface area contributed by atoms with Crippen LogP contribution in [0.15, 0.2) is 47.1 Å². The van der Waals surface area contributed by atoms with E-state index in [1.54, 1.807) is 50.6 Å². The van der Waals surface area contributed by atoms with Crippen LogP contribution in [0.1, 0.15) is 21.7 Å². The van der Waals surface area contributed by atoms with Crippen LogP contribution in [-0.4, -0.2) is 28.1 Å². The molecular formula is C17H16N4O3. The van der Waals surface area contributed by atoms with Crippen molar-refractivity contribution in [3.63, 3.8) is 0 Å². The molecule has 0 aliphatic heterocycles. The number of aromatic nitrogens is 3. The Bertz CT molecular complexity index is 826. The van der Waals surface area contributed by atoms with Gasteiger partial charge in [-0.05, 0) is 36.8 Å². The second-order valence-electron chi connectivity index (χ2n) is 5.12. The lowest BCUT2D eigenvalue weighted by Crippen LogP contribution is -2.22. The quantitative estimate of drug-likeness (QED) is 0.775. The Morgan fingerprint density at radius 1 is 1.21 bits per heavy atom. The van der Waals surface area contributed by atoms with Gasteiger partial charge in [0.2, 0.25) is 5.88 Å². The fraction of sp³-hybridized carbons (Fsp3) is 0.176. The second-order valence-corrected chi connectivity index (χ2v) is 5.12. The van der Waals surface area contributed by atoms with Gasteiger partial charge in [0, 0.05) is 29.9 Å². The maximum absolute atomic E-state index is 12.2. The van der Waals surface area contributed by atoms with Crippen molar-refractivity contribution < 1.29 is 14.1 Å². The predicted molar refractivity (Wildman–Crippen MR) is 86.4 cm³/mol.